The number of nitrogens with zero attached hydrogens (tertiary/aromatic N) is 1. The third-order valence-electron chi connectivity index (χ3n) is 4.00. The van der Waals surface area contributed by atoms with Crippen LogP contribution in [-0.4, -0.2) is 43.6 Å². The maximum atomic E-state index is 12.1. The second-order valence-electron chi connectivity index (χ2n) is 4.93. The van der Waals surface area contributed by atoms with Crippen LogP contribution in [0.1, 0.15) is 39.0 Å². The Morgan fingerprint density at radius 1 is 1.25 bits per heavy atom. The zero-order chi connectivity index (χ0) is 11.8. The molecule has 0 radical (unpaired) electrons. The first-order valence-electron chi connectivity index (χ1n) is 6.27. The van der Waals surface area contributed by atoms with Gasteiger partial charge in [-0.1, -0.05) is 6.42 Å². The Bertz CT molecular complexity index is 328. The monoisotopic (exact) mass is 246 g/mol. The van der Waals surface area contributed by atoms with E-state index in [4.69, 9.17) is 0 Å². The van der Waals surface area contributed by atoms with Crippen molar-refractivity contribution in [2.45, 2.75) is 57.2 Å². The maximum absolute atomic E-state index is 12.1. The normalized spacial score (nSPS) is 36.2. The van der Waals surface area contributed by atoms with Gasteiger partial charge in [0.05, 0.1) is 5.75 Å². The van der Waals surface area contributed by atoms with Crippen molar-refractivity contribution in [1.82, 2.24) is 9.62 Å². The third kappa shape index (κ3) is 2.13. The molecule has 0 spiro atoms. The summed E-state index contributed by atoms with van der Waals surface area (Å²) in [5, 5.41) is 3.30. The van der Waals surface area contributed by atoms with Crippen LogP contribution in [0.2, 0.25) is 0 Å². The summed E-state index contributed by atoms with van der Waals surface area (Å²) in [4.78, 5) is 0. The Morgan fingerprint density at radius 3 is 2.25 bits per heavy atom. The first-order chi connectivity index (χ1) is 7.58. The summed E-state index contributed by atoms with van der Waals surface area (Å²) in [5.74, 6) is 0.240. The molecule has 5 heteroatoms. The zero-order valence-electron chi connectivity index (χ0n) is 10.1. The first kappa shape index (κ1) is 12.3. The molecule has 4 nitrogen and oxygen atoms in total. The number of hydrogen-bond acceptors (Lipinski definition) is 3. The number of rotatable bonds is 3. The van der Waals surface area contributed by atoms with E-state index in [0.717, 1.165) is 25.7 Å². The van der Waals surface area contributed by atoms with Crippen LogP contribution in [0, 0.1) is 0 Å². The van der Waals surface area contributed by atoms with Gasteiger partial charge in [0, 0.05) is 18.1 Å². The van der Waals surface area contributed by atoms with Gasteiger partial charge in [-0.2, -0.15) is 4.31 Å². The van der Waals surface area contributed by atoms with E-state index < -0.39 is 10.0 Å². The molecule has 0 aromatic rings. The van der Waals surface area contributed by atoms with Crippen LogP contribution in [0.4, 0.5) is 0 Å². The predicted octanol–water partition coefficient (Wildman–Crippen LogP) is 0.941. The Balaban J connectivity index is 2.21. The lowest BCUT2D eigenvalue weighted by atomic mass is 9.84. The molecule has 2 unspecified atom stereocenters. The highest BCUT2D eigenvalue weighted by Gasteiger charge is 2.43. The molecule has 2 aliphatic heterocycles. The Kier molecular flexibility index (Phi) is 3.56. The highest BCUT2D eigenvalue weighted by Crippen LogP contribution is 2.36. The SMILES string of the molecule is CCS(=O)(=O)N1C2CCCC1CC(NC)C2. The second kappa shape index (κ2) is 4.63. The topological polar surface area (TPSA) is 49.4 Å². The molecule has 2 atom stereocenters. The lowest BCUT2D eigenvalue weighted by Gasteiger charge is -2.47. The van der Waals surface area contributed by atoms with Crippen molar-refractivity contribution in [2.75, 3.05) is 12.8 Å². The molecule has 2 bridgehead atoms. The minimum Gasteiger partial charge on any atom is -0.317 e. The Hall–Kier alpha value is -0.130. The minimum absolute atomic E-state index is 0.240. The summed E-state index contributed by atoms with van der Waals surface area (Å²) in [6, 6.07) is 0.989. The zero-order valence-corrected chi connectivity index (χ0v) is 11.0. The molecular formula is C11H22N2O2S. The standard InChI is InChI=1S/C11H22N2O2S/c1-3-16(14,15)13-10-5-4-6-11(13)8-9(7-10)12-2/h9-12H,3-8H2,1-2H3. The maximum Gasteiger partial charge on any atom is 0.214 e. The Morgan fingerprint density at radius 2 is 1.81 bits per heavy atom. The molecule has 0 aliphatic carbocycles. The van der Waals surface area contributed by atoms with Crippen LogP contribution in [-0.2, 0) is 10.0 Å². The van der Waals surface area contributed by atoms with Crippen molar-refractivity contribution < 1.29 is 8.42 Å². The highest BCUT2D eigenvalue weighted by molar-refractivity contribution is 7.89. The molecule has 1 N–H and O–H groups in total. The summed E-state index contributed by atoms with van der Waals surface area (Å²) < 4.78 is 26.0. The van der Waals surface area contributed by atoms with E-state index in [2.05, 4.69) is 5.32 Å². The smallest absolute Gasteiger partial charge is 0.214 e. The summed E-state index contributed by atoms with van der Waals surface area (Å²) in [7, 11) is -1.03. The molecule has 16 heavy (non-hydrogen) atoms. The number of hydrogen-bond donors (Lipinski definition) is 1. The van der Waals surface area contributed by atoms with Crippen LogP contribution < -0.4 is 5.32 Å². The van der Waals surface area contributed by atoms with Gasteiger partial charge in [0.15, 0.2) is 0 Å². The highest BCUT2D eigenvalue weighted by atomic mass is 32.2. The van der Waals surface area contributed by atoms with Crippen molar-refractivity contribution in [3.8, 4) is 0 Å². The lowest BCUT2D eigenvalue weighted by molar-refractivity contribution is 0.102. The van der Waals surface area contributed by atoms with Gasteiger partial charge < -0.3 is 5.32 Å². The molecule has 0 saturated carbocycles. The van der Waals surface area contributed by atoms with Crippen molar-refractivity contribution in [2.24, 2.45) is 0 Å². The lowest BCUT2D eigenvalue weighted by Crippen LogP contribution is -2.58. The summed E-state index contributed by atoms with van der Waals surface area (Å²) in [6.45, 7) is 1.75. The van der Waals surface area contributed by atoms with Gasteiger partial charge in [-0.05, 0) is 39.7 Å². The molecular weight excluding hydrogens is 224 g/mol. The van der Waals surface area contributed by atoms with Crippen LogP contribution in [0.5, 0.6) is 0 Å². The molecule has 2 rings (SSSR count). The minimum atomic E-state index is -3.01. The second-order valence-corrected chi connectivity index (χ2v) is 7.09. The molecule has 0 aromatic heterocycles. The van der Waals surface area contributed by atoms with Crippen molar-refractivity contribution >= 4 is 10.0 Å². The van der Waals surface area contributed by atoms with E-state index >= 15 is 0 Å². The largest absolute Gasteiger partial charge is 0.317 e. The number of fused-ring (bicyclic) bond motifs is 2. The quantitative estimate of drug-likeness (QED) is 0.806. The fourth-order valence-corrected chi connectivity index (χ4v) is 4.77. The first-order valence-corrected chi connectivity index (χ1v) is 7.88. The average Bonchev–Trinajstić information content (AvgIpc) is 2.27. The van der Waals surface area contributed by atoms with Crippen molar-refractivity contribution in [1.29, 1.82) is 0 Å². The van der Waals surface area contributed by atoms with Crippen molar-refractivity contribution in [3.05, 3.63) is 0 Å². The van der Waals surface area contributed by atoms with Gasteiger partial charge in [0.2, 0.25) is 10.0 Å². The van der Waals surface area contributed by atoms with E-state index in [9.17, 15) is 8.42 Å². The molecule has 2 saturated heterocycles. The number of nitrogens with one attached hydrogen (secondary N) is 1. The third-order valence-corrected chi connectivity index (χ3v) is 5.97. The van der Waals surface area contributed by atoms with Crippen LogP contribution >= 0.6 is 0 Å². The van der Waals surface area contributed by atoms with E-state index in [1.54, 1.807) is 6.92 Å². The summed E-state index contributed by atoms with van der Waals surface area (Å²) in [6.07, 6.45) is 5.21. The van der Waals surface area contributed by atoms with E-state index in [-0.39, 0.29) is 17.8 Å². The summed E-state index contributed by atoms with van der Waals surface area (Å²) in [5.41, 5.74) is 0. The van der Waals surface area contributed by atoms with Crippen LogP contribution in [0.25, 0.3) is 0 Å². The molecule has 0 aromatic carbocycles. The molecule has 2 heterocycles. The molecule has 2 fully saturated rings. The van der Waals surface area contributed by atoms with E-state index in [1.165, 1.54) is 6.42 Å². The molecule has 0 amide bonds. The molecule has 2 aliphatic rings. The molecule has 94 valence electrons. The van der Waals surface area contributed by atoms with Gasteiger partial charge in [-0.25, -0.2) is 8.42 Å². The number of piperidine rings is 2. The van der Waals surface area contributed by atoms with Crippen LogP contribution in [0.3, 0.4) is 0 Å². The van der Waals surface area contributed by atoms with Gasteiger partial charge in [-0.15, -0.1) is 0 Å². The van der Waals surface area contributed by atoms with Gasteiger partial charge >= 0.3 is 0 Å². The predicted molar refractivity (Wildman–Crippen MR) is 64.8 cm³/mol. The van der Waals surface area contributed by atoms with Crippen LogP contribution in [0.15, 0.2) is 0 Å². The fourth-order valence-electron chi connectivity index (χ4n) is 3.18. The van der Waals surface area contributed by atoms with E-state index in [1.807, 2.05) is 11.4 Å². The number of sulfonamides is 1. The van der Waals surface area contributed by atoms with Crippen molar-refractivity contribution in [3.63, 3.8) is 0 Å². The average molecular weight is 246 g/mol. The van der Waals surface area contributed by atoms with Gasteiger partial charge in [-0.3, -0.25) is 0 Å². The van der Waals surface area contributed by atoms with Gasteiger partial charge in [0.25, 0.3) is 0 Å². The fraction of sp³-hybridized carbons (Fsp3) is 1.00. The van der Waals surface area contributed by atoms with Gasteiger partial charge in [0.1, 0.15) is 0 Å². The summed E-state index contributed by atoms with van der Waals surface area (Å²) >= 11 is 0. The Labute approximate surface area is 98.4 Å². The van der Waals surface area contributed by atoms with E-state index in [0.29, 0.717) is 6.04 Å².